The molecule has 0 aromatic heterocycles. The predicted molar refractivity (Wildman–Crippen MR) is 45.7 cm³/mol. The first-order valence-corrected chi connectivity index (χ1v) is 3.95. The maximum Gasteiger partial charge on any atom is -0.0111 e. The highest BCUT2D eigenvalue weighted by Gasteiger charge is 2.00. The fourth-order valence-electron chi connectivity index (χ4n) is 1.35. The van der Waals surface area contributed by atoms with Crippen LogP contribution in [-0.4, -0.2) is 0 Å². The monoisotopic (exact) mass is 135 g/mol. The zero-order valence-electron chi connectivity index (χ0n) is 6.69. The van der Waals surface area contributed by atoms with Crippen LogP contribution in [0.5, 0.6) is 0 Å². The highest BCUT2D eigenvalue weighted by Crippen LogP contribution is 2.20. The molecular formula is C10H15. The molecular weight excluding hydrogens is 120 g/mol. The van der Waals surface area contributed by atoms with E-state index in [1.165, 1.54) is 18.4 Å². The van der Waals surface area contributed by atoms with E-state index in [1.54, 1.807) is 5.57 Å². The maximum atomic E-state index is 3.84. The van der Waals surface area contributed by atoms with Crippen LogP contribution in [0.4, 0.5) is 0 Å². The minimum atomic E-state index is 1.04. The van der Waals surface area contributed by atoms with Gasteiger partial charge in [-0.05, 0) is 32.6 Å². The summed E-state index contributed by atoms with van der Waals surface area (Å²) < 4.78 is 0. The molecule has 0 aromatic rings. The number of hydrogen-bond donors (Lipinski definition) is 0. The summed E-state index contributed by atoms with van der Waals surface area (Å²) in [6, 6.07) is 0. The second-order valence-corrected chi connectivity index (χ2v) is 2.93. The van der Waals surface area contributed by atoms with Crippen LogP contribution >= 0.6 is 0 Å². The van der Waals surface area contributed by atoms with Gasteiger partial charge in [0.1, 0.15) is 0 Å². The van der Waals surface area contributed by atoms with Gasteiger partial charge in [-0.15, -0.1) is 0 Å². The summed E-state index contributed by atoms with van der Waals surface area (Å²) in [6.45, 7) is 6.05. The van der Waals surface area contributed by atoms with Crippen molar-refractivity contribution in [1.82, 2.24) is 0 Å². The predicted octanol–water partition coefficient (Wildman–Crippen LogP) is 3.27. The van der Waals surface area contributed by atoms with Gasteiger partial charge in [-0.3, -0.25) is 0 Å². The van der Waals surface area contributed by atoms with Gasteiger partial charge in [-0.25, -0.2) is 0 Å². The third-order valence-electron chi connectivity index (χ3n) is 1.88. The van der Waals surface area contributed by atoms with E-state index < -0.39 is 0 Å². The van der Waals surface area contributed by atoms with Crippen molar-refractivity contribution in [3.63, 3.8) is 0 Å². The molecule has 0 nitrogen and oxygen atoms in total. The van der Waals surface area contributed by atoms with E-state index in [-0.39, 0.29) is 0 Å². The van der Waals surface area contributed by atoms with Gasteiger partial charge in [0.15, 0.2) is 0 Å². The molecule has 0 amide bonds. The third kappa shape index (κ3) is 2.02. The molecule has 55 valence electrons. The lowest BCUT2D eigenvalue weighted by molar-refractivity contribution is 0.888. The molecule has 0 atom stereocenters. The van der Waals surface area contributed by atoms with Crippen LogP contribution in [-0.2, 0) is 0 Å². The molecule has 0 saturated heterocycles. The summed E-state index contributed by atoms with van der Waals surface area (Å²) >= 11 is 0. The Hall–Kier alpha value is -0.520. The van der Waals surface area contributed by atoms with Crippen LogP contribution in [0.2, 0.25) is 0 Å². The van der Waals surface area contributed by atoms with E-state index in [0.717, 1.165) is 12.8 Å². The SMILES string of the molecule is [CH2]CCC1=CCC=C(C)C1. The van der Waals surface area contributed by atoms with Crippen molar-refractivity contribution in [3.8, 4) is 0 Å². The Kier molecular flexibility index (Phi) is 2.73. The van der Waals surface area contributed by atoms with Crippen LogP contribution in [0.25, 0.3) is 0 Å². The fraction of sp³-hybridized carbons (Fsp3) is 0.500. The molecule has 0 saturated carbocycles. The lowest BCUT2D eigenvalue weighted by atomic mass is 9.96. The largest absolute Gasteiger partial charge is 0.0815 e. The van der Waals surface area contributed by atoms with Crippen molar-refractivity contribution in [1.29, 1.82) is 0 Å². The molecule has 1 rings (SSSR count). The smallest absolute Gasteiger partial charge is 0.0111 e. The summed E-state index contributed by atoms with van der Waals surface area (Å²) in [6.07, 6.45) is 9.19. The molecule has 0 heteroatoms. The zero-order valence-corrected chi connectivity index (χ0v) is 6.69. The molecule has 1 aliphatic rings. The Morgan fingerprint density at radius 1 is 1.50 bits per heavy atom. The number of allylic oxidation sites excluding steroid dienone is 4. The maximum absolute atomic E-state index is 3.84. The van der Waals surface area contributed by atoms with Crippen LogP contribution in [0.3, 0.4) is 0 Å². The van der Waals surface area contributed by atoms with Gasteiger partial charge >= 0.3 is 0 Å². The van der Waals surface area contributed by atoms with E-state index in [1.807, 2.05) is 0 Å². The molecule has 0 N–H and O–H groups in total. The van der Waals surface area contributed by atoms with Crippen LogP contribution < -0.4 is 0 Å². The van der Waals surface area contributed by atoms with E-state index in [4.69, 9.17) is 0 Å². The molecule has 10 heavy (non-hydrogen) atoms. The van der Waals surface area contributed by atoms with Crippen molar-refractivity contribution in [2.45, 2.75) is 32.6 Å². The second kappa shape index (κ2) is 3.60. The first-order chi connectivity index (χ1) is 4.83. The molecule has 0 fully saturated rings. The quantitative estimate of drug-likeness (QED) is 0.510. The Balaban J connectivity index is 2.41. The highest BCUT2D eigenvalue weighted by atomic mass is 14.1. The summed E-state index contributed by atoms with van der Waals surface area (Å²) in [5.74, 6) is 0. The van der Waals surface area contributed by atoms with Crippen molar-refractivity contribution in [2.24, 2.45) is 0 Å². The minimum absolute atomic E-state index is 1.04. The lowest BCUT2D eigenvalue weighted by Crippen LogP contribution is -1.90. The summed E-state index contributed by atoms with van der Waals surface area (Å²) in [5, 5.41) is 0. The molecule has 0 unspecified atom stereocenters. The topological polar surface area (TPSA) is 0 Å². The normalized spacial score (nSPS) is 18.2. The van der Waals surface area contributed by atoms with Gasteiger partial charge in [0.2, 0.25) is 0 Å². The van der Waals surface area contributed by atoms with Crippen molar-refractivity contribution >= 4 is 0 Å². The van der Waals surface area contributed by atoms with Gasteiger partial charge < -0.3 is 0 Å². The first kappa shape index (κ1) is 7.59. The average molecular weight is 135 g/mol. The highest BCUT2D eigenvalue weighted by molar-refractivity contribution is 5.20. The van der Waals surface area contributed by atoms with E-state index in [9.17, 15) is 0 Å². The Bertz CT molecular complexity index is 161. The summed E-state index contributed by atoms with van der Waals surface area (Å²) in [4.78, 5) is 0. The fourth-order valence-corrected chi connectivity index (χ4v) is 1.35. The third-order valence-corrected chi connectivity index (χ3v) is 1.88. The van der Waals surface area contributed by atoms with E-state index >= 15 is 0 Å². The van der Waals surface area contributed by atoms with Crippen molar-refractivity contribution in [2.75, 3.05) is 0 Å². The minimum Gasteiger partial charge on any atom is -0.0815 e. The molecule has 0 spiro atoms. The average Bonchev–Trinajstić information content (AvgIpc) is 1.88. The van der Waals surface area contributed by atoms with Crippen LogP contribution in [0, 0.1) is 6.92 Å². The molecule has 1 aliphatic carbocycles. The molecule has 0 heterocycles. The zero-order chi connectivity index (χ0) is 7.40. The van der Waals surface area contributed by atoms with Crippen LogP contribution in [0.15, 0.2) is 23.3 Å². The molecule has 1 radical (unpaired) electrons. The number of rotatable bonds is 2. The molecule has 0 bridgehead atoms. The van der Waals surface area contributed by atoms with Gasteiger partial charge in [0, 0.05) is 0 Å². The number of hydrogen-bond acceptors (Lipinski definition) is 0. The van der Waals surface area contributed by atoms with Gasteiger partial charge in [0.25, 0.3) is 0 Å². The Morgan fingerprint density at radius 3 is 2.90 bits per heavy atom. The molecule has 0 aromatic carbocycles. The molecule has 0 aliphatic heterocycles. The van der Waals surface area contributed by atoms with Crippen molar-refractivity contribution in [3.05, 3.63) is 30.2 Å². The Labute approximate surface area is 63.6 Å². The Morgan fingerprint density at radius 2 is 2.30 bits per heavy atom. The standard InChI is InChI=1S/C10H15/c1-3-5-10-7-4-6-9(2)8-10/h6-7H,1,3-5,8H2,2H3. The summed E-state index contributed by atoms with van der Waals surface area (Å²) in [5.41, 5.74) is 3.10. The van der Waals surface area contributed by atoms with Crippen molar-refractivity contribution < 1.29 is 0 Å². The van der Waals surface area contributed by atoms with E-state index in [0.29, 0.717) is 0 Å². The van der Waals surface area contributed by atoms with Gasteiger partial charge in [-0.2, -0.15) is 0 Å². The lowest BCUT2D eigenvalue weighted by Gasteiger charge is -2.10. The van der Waals surface area contributed by atoms with Gasteiger partial charge in [0.05, 0.1) is 0 Å². The van der Waals surface area contributed by atoms with Crippen LogP contribution in [0.1, 0.15) is 32.6 Å². The van der Waals surface area contributed by atoms with Gasteiger partial charge in [-0.1, -0.05) is 30.2 Å². The van der Waals surface area contributed by atoms with E-state index in [2.05, 4.69) is 26.0 Å². The second-order valence-electron chi connectivity index (χ2n) is 2.93. The summed E-state index contributed by atoms with van der Waals surface area (Å²) in [7, 11) is 0. The first-order valence-electron chi connectivity index (χ1n) is 3.95.